The molecule has 1 aromatic heterocycles. The lowest BCUT2D eigenvalue weighted by Gasteiger charge is -2.17. The topological polar surface area (TPSA) is 59.9 Å². The number of likely N-dealkylation sites (N-methyl/N-ethyl adjacent to an activating group) is 1. The van der Waals surface area contributed by atoms with Crippen LogP contribution >= 0.6 is 0 Å². The number of nitriles is 1. The van der Waals surface area contributed by atoms with E-state index in [9.17, 15) is 4.79 Å². The van der Waals surface area contributed by atoms with Gasteiger partial charge in [-0.25, -0.2) is 0 Å². The van der Waals surface area contributed by atoms with Gasteiger partial charge in [-0.3, -0.25) is 4.79 Å². The van der Waals surface area contributed by atoms with Crippen LogP contribution in [0.1, 0.15) is 16.8 Å². The summed E-state index contributed by atoms with van der Waals surface area (Å²) in [6.45, 7) is 1.99. The van der Waals surface area contributed by atoms with Gasteiger partial charge in [-0.2, -0.15) is 5.26 Å². The Hall–Kier alpha value is -3.06. The second-order valence-electron chi connectivity index (χ2n) is 5.57. The van der Waals surface area contributed by atoms with Crippen molar-refractivity contribution in [2.75, 3.05) is 11.9 Å². The highest BCUT2D eigenvalue weighted by Gasteiger charge is 2.16. The molecule has 0 aliphatic carbocycles. The summed E-state index contributed by atoms with van der Waals surface area (Å²) in [5.41, 5.74) is 4.35. The minimum atomic E-state index is -0.00653. The molecule has 0 saturated heterocycles. The number of hydrogen-bond donors (Lipinski definition) is 1. The van der Waals surface area contributed by atoms with E-state index >= 15 is 0 Å². The smallest absolute Gasteiger partial charge is 0.231 e. The maximum Gasteiger partial charge on any atom is 0.231 e. The predicted octanol–water partition coefficient (Wildman–Crippen LogP) is 3.55. The Morgan fingerprint density at radius 1 is 1.22 bits per heavy atom. The van der Waals surface area contributed by atoms with Crippen molar-refractivity contribution in [2.45, 2.75) is 13.3 Å². The summed E-state index contributed by atoms with van der Waals surface area (Å²) in [6.07, 6.45) is 0.323. The lowest BCUT2D eigenvalue weighted by molar-refractivity contribution is -0.117. The zero-order valence-corrected chi connectivity index (χ0v) is 13.1. The standard InChI is InChI=1S/C19H17N3O/c1-13-17(16-8-3-4-9-18(16)21-13)11-19(23)22(2)15-7-5-6-14(10-15)12-20/h3-10,21H,11H2,1-2H3. The third kappa shape index (κ3) is 2.82. The third-order valence-corrected chi connectivity index (χ3v) is 4.09. The Morgan fingerprint density at radius 2 is 2.00 bits per heavy atom. The number of nitrogens with one attached hydrogen (secondary N) is 1. The quantitative estimate of drug-likeness (QED) is 0.804. The van der Waals surface area contributed by atoms with Gasteiger partial charge in [-0.05, 0) is 36.8 Å². The first kappa shape index (κ1) is 14.9. The van der Waals surface area contributed by atoms with E-state index in [1.54, 1.807) is 30.1 Å². The predicted molar refractivity (Wildman–Crippen MR) is 91.3 cm³/mol. The number of benzene rings is 2. The number of rotatable bonds is 3. The van der Waals surface area contributed by atoms with Gasteiger partial charge in [0, 0.05) is 29.3 Å². The number of aryl methyl sites for hydroxylation is 1. The summed E-state index contributed by atoms with van der Waals surface area (Å²) in [6, 6.07) is 17.2. The molecule has 0 atom stereocenters. The zero-order chi connectivity index (χ0) is 16.4. The summed E-state index contributed by atoms with van der Waals surface area (Å²) in [4.78, 5) is 17.6. The molecule has 2 aromatic carbocycles. The van der Waals surface area contributed by atoms with Crippen molar-refractivity contribution >= 4 is 22.5 Å². The summed E-state index contributed by atoms with van der Waals surface area (Å²) in [7, 11) is 1.74. The van der Waals surface area contributed by atoms with Crippen LogP contribution in [0.25, 0.3) is 10.9 Å². The van der Waals surface area contributed by atoms with Crippen molar-refractivity contribution in [2.24, 2.45) is 0 Å². The van der Waals surface area contributed by atoms with E-state index in [1.165, 1.54) is 0 Å². The molecule has 3 rings (SSSR count). The minimum absolute atomic E-state index is 0.00653. The molecule has 3 aromatic rings. The van der Waals surface area contributed by atoms with Crippen LogP contribution in [0, 0.1) is 18.3 Å². The Balaban J connectivity index is 1.88. The molecule has 1 amide bonds. The molecular weight excluding hydrogens is 286 g/mol. The van der Waals surface area contributed by atoms with E-state index < -0.39 is 0 Å². The van der Waals surface area contributed by atoms with Crippen LogP contribution < -0.4 is 4.90 Å². The molecule has 114 valence electrons. The molecule has 1 N–H and O–H groups in total. The summed E-state index contributed by atoms with van der Waals surface area (Å²) in [5.74, 6) is -0.00653. The normalized spacial score (nSPS) is 10.5. The molecule has 0 unspecified atom stereocenters. The number of aromatic nitrogens is 1. The van der Waals surface area contributed by atoms with Gasteiger partial charge in [0.2, 0.25) is 5.91 Å². The fourth-order valence-corrected chi connectivity index (χ4v) is 2.76. The van der Waals surface area contributed by atoms with Crippen molar-refractivity contribution in [1.82, 2.24) is 4.98 Å². The molecule has 0 spiro atoms. The van der Waals surface area contributed by atoms with E-state index in [-0.39, 0.29) is 5.91 Å². The van der Waals surface area contributed by atoms with Gasteiger partial charge in [0.05, 0.1) is 18.1 Å². The number of aromatic amines is 1. The van der Waals surface area contributed by atoms with Crippen LogP contribution in [0.3, 0.4) is 0 Å². The average molecular weight is 303 g/mol. The Bertz CT molecular complexity index is 918. The van der Waals surface area contributed by atoms with E-state index in [0.29, 0.717) is 12.0 Å². The summed E-state index contributed by atoms with van der Waals surface area (Å²) < 4.78 is 0. The van der Waals surface area contributed by atoms with E-state index in [0.717, 1.165) is 27.8 Å². The summed E-state index contributed by atoms with van der Waals surface area (Å²) in [5, 5.41) is 10.1. The number of para-hydroxylation sites is 1. The maximum absolute atomic E-state index is 12.6. The molecule has 0 aliphatic rings. The van der Waals surface area contributed by atoms with Crippen LogP contribution in [-0.2, 0) is 11.2 Å². The molecule has 0 radical (unpaired) electrons. The molecule has 0 bridgehead atoms. The number of carbonyl (C=O) groups excluding carboxylic acids is 1. The van der Waals surface area contributed by atoms with Gasteiger partial charge in [0.15, 0.2) is 0 Å². The maximum atomic E-state index is 12.6. The highest BCUT2D eigenvalue weighted by Crippen LogP contribution is 2.23. The van der Waals surface area contributed by atoms with Crippen molar-refractivity contribution in [3.05, 3.63) is 65.4 Å². The molecule has 23 heavy (non-hydrogen) atoms. The van der Waals surface area contributed by atoms with Crippen LogP contribution in [0.15, 0.2) is 48.5 Å². The van der Waals surface area contributed by atoms with E-state index in [4.69, 9.17) is 5.26 Å². The van der Waals surface area contributed by atoms with E-state index in [2.05, 4.69) is 11.1 Å². The first-order valence-electron chi connectivity index (χ1n) is 7.43. The van der Waals surface area contributed by atoms with E-state index in [1.807, 2.05) is 37.3 Å². The van der Waals surface area contributed by atoms with Crippen molar-refractivity contribution in [3.63, 3.8) is 0 Å². The van der Waals surface area contributed by atoms with Gasteiger partial charge in [-0.1, -0.05) is 24.3 Å². The van der Waals surface area contributed by atoms with Gasteiger partial charge in [0.25, 0.3) is 0 Å². The number of H-pyrrole nitrogens is 1. The van der Waals surface area contributed by atoms with Gasteiger partial charge < -0.3 is 9.88 Å². The first-order chi connectivity index (χ1) is 11.1. The van der Waals surface area contributed by atoms with Gasteiger partial charge in [0.1, 0.15) is 0 Å². The highest BCUT2D eigenvalue weighted by atomic mass is 16.2. The molecule has 4 heteroatoms. The highest BCUT2D eigenvalue weighted by molar-refractivity contribution is 5.97. The SMILES string of the molecule is Cc1[nH]c2ccccc2c1CC(=O)N(C)c1cccc(C#N)c1. The summed E-state index contributed by atoms with van der Waals surface area (Å²) >= 11 is 0. The Labute approximate surface area is 135 Å². The largest absolute Gasteiger partial charge is 0.358 e. The van der Waals surface area contributed by atoms with Crippen molar-refractivity contribution in [3.8, 4) is 6.07 Å². The zero-order valence-electron chi connectivity index (χ0n) is 13.1. The third-order valence-electron chi connectivity index (χ3n) is 4.09. The second-order valence-corrected chi connectivity index (χ2v) is 5.57. The van der Waals surface area contributed by atoms with Crippen LogP contribution in [0.5, 0.6) is 0 Å². The molecule has 0 fully saturated rings. The van der Waals surface area contributed by atoms with Crippen molar-refractivity contribution in [1.29, 1.82) is 5.26 Å². The number of hydrogen-bond acceptors (Lipinski definition) is 2. The number of nitrogens with zero attached hydrogens (tertiary/aromatic N) is 2. The van der Waals surface area contributed by atoms with Crippen LogP contribution in [0.4, 0.5) is 5.69 Å². The fraction of sp³-hybridized carbons (Fsp3) is 0.158. The monoisotopic (exact) mass is 303 g/mol. The number of fused-ring (bicyclic) bond motifs is 1. The first-order valence-corrected chi connectivity index (χ1v) is 7.43. The Morgan fingerprint density at radius 3 is 2.78 bits per heavy atom. The van der Waals surface area contributed by atoms with Gasteiger partial charge >= 0.3 is 0 Å². The van der Waals surface area contributed by atoms with Crippen molar-refractivity contribution < 1.29 is 4.79 Å². The van der Waals surface area contributed by atoms with Gasteiger partial charge in [-0.15, -0.1) is 0 Å². The molecule has 0 saturated carbocycles. The molecule has 0 aliphatic heterocycles. The lowest BCUT2D eigenvalue weighted by Crippen LogP contribution is -2.28. The molecule has 4 nitrogen and oxygen atoms in total. The fourth-order valence-electron chi connectivity index (χ4n) is 2.76. The second kappa shape index (κ2) is 5.98. The lowest BCUT2D eigenvalue weighted by atomic mass is 10.1. The number of amides is 1. The number of anilines is 1. The molecule has 1 heterocycles. The number of carbonyl (C=O) groups is 1. The van der Waals surface area contributed by atoms with Crippen LogP contribution in [-0.4, -0.2) is 17.9 Å². The van der Waals surface area contributed by atoms with Crippen LogP contribution in [0.2, 0.25) is 0 Å². The molecular formula is C19H17N3O. The Kier molecular flexibility index (Phi) is 3.86. The average Bonchev–Trinajstić information content (AvgIpc) is 2.90. The minimum Gasteiger partial charge on any atom is -0.358 e.